The van der Waals surface area contributed by atoms with Crippen LogP contribution >= 0.6 is 0 Å². The van der Waals surface area contributed by atoms with Crippen LogP contribution < -0.4 is 5.32 Å². The van der Waals surface area contributed by atoms with Crippen LogP contribution in [0.3, 0.4) is 0 Å². The summed E-state index contributed by atoms with van der Waals surface area (Å²) in [6.07, 6.45) is -3.94. The molecule has 0 bridgehead atoms. The van der Waals surface area contributed by atoms with Gasteiger partial charge in [0.05, 0.1) is 5.69 Å². The van der Waals surface area contributed by atoms with E-state index in [0.29, 0.717) is 16.5 Å². The van der Waals surface area contributed by atoms with E-state index in [0.717, 1.165) is 11.6 Å². The fourth-order valence-corrected chi connectivity index (χ4v) is 2.56. The van der Waals surface area contributed by atoms with E-state index in [1.807, 2.05) is 20.8 Å². The molecule has 0 aliphatic rings. The van der Waals surface area contributed by atoms with Crippen LogP contribution in [0.15, 0.2) is 36.4 Å². The first-order valence-corrected chi connectivity index (χ1v) is 8.55. The average molecular weight is 376 g/mol. The van der Waals surface area contributed by atoms with Crippen molar-refractivity contribution in [2.45, 2.75) is 39.4 Å². The molecule has 0 spiro atoms. The van der Waals surface area contributed by atoms with Gasteiger partial charge in [0.2, 0.25) is 0 Å². The summed E-state index contributed by atoms with van der Waals surface area (Å²) in [6, 6.07) is 9.13. The Morgan fingerprint density at radius 2 is 1.89 bits per heavy atom. The summed E-state index contributed by atoms with van der Waals surface area (Å²) >= 11 is 0. The molecule has 3 rings (SSSR count). The van der Waals surface area contributed by atoms with Crippen molar-refractivity contribution in [3.05, 3.63) is 53.3 Å². The van der Waals surface area contributed by atoms with Crippen molar-refractivity contribution < 1.29 is 18.0 Å². The molecule has 142 valence electrons. The van der Waals surface area contributed by atoms with Crippen LogP contribution in [-0.4, -0.2) is 26.5 Å². The van der Waals surface area contributed by atoms with Crippen molar-refractivity contribution in [3.63, 3.8) is 0 Å². The first kappa shape index (κ1) is 18.9. The van der Waals surface area contributed by atoms with E-state index in [1.165, 1.54) is 6.07 Å². The highest BCUT2D eigenvalue weighted by atomic mass is 19.4. The van der Waals surface area contributed by atoms with Crippen LogP contribution in [0, 0.1) is 6.92 Å². The highest BCUT2D eigenvalue weighted by molar-refractivity contribution is 5.93. The minimum absolute atomic E-state index is 0.0327. The maximum Gasteiger partial charge on any atom is 0.433 e. The Kier molecular flexibility index (Phi) is 4.91. The number of benzene rings is 1. The van der Waals surface area contributed by atoms with Crippen LogP contribution in [0.2, 0.25) is 0 Å². The molecule has 0 aliphatic carbocycles. The summed E-state index contributed by atoms with van der Waals surface area (Å²) < 4.78 is 41.4. The van der Waals surface area contributed by atoms with Crippen LogP contribution in [0.5, 0.6) is 0 Å². The smallest absolute Gasteiger partial charge is 0.348 e. The van der Waals surface area contributed by atoms with E-state index >= 15 is 0 Å². The van der Waals surface area contributed by atoms with Gasteiger partial charge >= 0.3 is 6.18 Å². The fourth-order valence-electron chi connectivity index (χ4n) is 2.56. The number of carbonyl (C=O) groups is 1. The number of rotatable bonds is 4. The number of hydrogen-bond acceptors (Lipinski definition) is 3. The van der Waals surface area contributed by atoms with E-state index in [4.69, 9.17) is 0 Å². The molecule has 2 heterocycles. The highest BCUT2D eigenvalue weighted by Crippen LogP contribution is 2.32. The van der Waals surface area contributed by atoms with Gasteiger partial charge in [-0.05, 0) is 26.3 Å². The van der Waals surface area contributed by atoms with Gasteiger partial charge in [-0.2, -0.15) is 18.3 Å². The standard InChI is InChI=1S/C19H19F3N4O/c1-4-12(3)23-18(27)15-10-17-24-14(13-7-5-11(2)6-8-13)9-16(19(20,21)22)26(17)25-15/h5-10,12H,4H2,1-3H3,(H,23,27)/t12-/m1/s1. The average Bonchev–Trinajstić information content (AvgIpc) is 3.04. The second-order valence-electron chi connectivity index (χ2n) is 6.47. The van der Waals surface area contributed by atoms with E-state index in [9.17, 15) is 18.0 Å². The lowest BCUT2D eigenvalue weighted by molar-refractivity contribution is -0.142. The van der Waals surface area contributed by atoms with Crippen molar-refractivity contribution in [1.29, 1.82) is 0 Å². The lowest BCUT2D eigenvalue weighted by Gasteiger charge is -2.11. The zero-order valence-corrected chi connectivity index (χ0v) is 15.1. The van der Waals surface area contributed by atoms with Gasteiger partial charge in [-0.3, -0.25) is 4.79 Å². The van der Waals surface area contributed by atoms with Crippen LogP contribution in [0.1, 0.15) is 42.0 Å². The molecule has 0 fully saturated rings. The van der Waals surface area contributed by atoms with Gasteiger partial charge in [0.25, 0.3) is 5.91 Å². The number of hydrogen-bond donors (Lipinski definition) is 1. The van der Waals surface area contributed by atoms with Crippen LogP contribution in [-0.2, 0) is 6.18 Å². The topological polar surface area (TPSA) is 59.3 Å². The first-order chi connectivity index (χ1) is 12.7. The summed E-state index contributed by atoms with van der Waals surface area (Å²) in [7, 11) is 0. The molecule has 1 N–H and O–H groups in total. The SMILES string of the molecule is CC[C@@H](C)NC(=O)c1cc2nc(-c3ccc(C)cc3)cc(C(F)(F)F)n2n1. The molecule has 0 saturated carbocycles. The Bertz CT molecular complexity index is 977. The molecule has 8 heteroatoms. The molecule has 0 unspecified atom stereocenters. The van der Waals surface area contributed by atoms with Gasteiger partial charge in [-0.25, -0.2) is 9.50 Å². The van der Waals surface area contributed by atoms with Crippen molar-refractivity contribution in [2.75, 3.05) is 0 Å². The molecule has 3 aromatic rings. The van der Waals surface area contributed by atoms with Crippen molar-refractivity contribution in [1.82, 2.24) is 19.9 Å². The zero-order valence-electron chi connectivity index (χ0n) is 15.1. The van der Waals surface area contributed by atoms with Crippen molar-refractivity contribution in [3.8, 4) is 11.3 Å². The number of carbonyl (C=O) groups excluding carboxylic acids is 1. The molecular weight excluding hydrogens is 357 g/mol. The Labute approximate surface area is 154 Å². The maximum atomic E-state index is 13.6. The van der Waals surface area contributed by atoms with Gasteiger partial charge in [0.15, 0.2) is 17.0 Å². The number of nitrogens with zero attached hydrogens (tertiary/aromatic N) is 3. The second kappa shape index (κ2) is 7.02. The number of aromatic nitrogens is 3. The minimum atomic E-state index is -4.64. The molecular formula is C19H19F3N4O. The zero-order chi connectivity index (χ0) is 19.8. The molecule has 2 aromatic heterocycles. The fraction of sp³-hybridized carbons (Fsp3) is 0.316. The lowest BCUT2D eigenvalue weighted by atomic mass is 10.1. The maximum absolute atomic E-state index is 13.6. The van der Waals surface area contributed by atoms with Gasteiger partial charge in [0, 0.05) is 17.7 Å². The Morgan fingerprint density at radius 3 is 2.48 bits per heavy atom. The third-order valence-corrected chi connectivity index (χ3v) is 4.29. The largest absolute Gasteiger partial charge is 0.433 e. The quantitative estimate of drug-likeness (QED) is 0.740. The minimum Gasteiger partial charge on any atom is -0.348 e. The summed E-state index contributed by atoms with van der Waals surface area (Å²) in [6.45, 7) is 5.59. The van der Waals surface area contributed by atoms with E-state index < -0.39 is 17.8 Å². The Balaban J connectivity index is 2.13. The highest BCUT2D eigenvalue weighted by Gasteiger charge is 2.35. The number of nitrogens with one attached hydrogen (secondary N) is 1. The monoisotopic (exact) mass is 376 g/mol. The summed E-state index contributed by atoms with van der Waals surface area (Å²) in [5, 5.41) is 6.53. The molecule has 1 atom stereocenters. The Morgan fingerprint density at radius 1 is 1.22 bits per heavy atom. The van der Waals surface area contributed by atoms with Gasteiger partial charge < -0.3 is 5.32 Å². The van der Waals surface area contributed by atoms with Gasteiger partial charge in [-0.15, -0.1) is 0 Å². The van der Waals surface area contributed by atoms with Gasteiger partial charge in [-0.1, -0.05) is 36.8 Å². The van der Waals surface area contributed by atoms with Crippen LogP contribution in [0.25, 0.3) is 16.9 Å². The number of fused-ring (bicyclic) bond motifs is 1. The third-order valence-electron chi connectivity index (χ3n) is 4.29. The predicted molar refractivity (Wildman–Crippen MR) is 95.4 cm³/mol. The van der Waals surface area contributed by atoms with E-state index in [2.05, 4.69) is 15.4 Å². The number of alkyl halides is 3. The first-order valence-electron chi connectivity index (χ1n) is 8.55. The van der Waals surface area contributed by atoms with E-state index in [-0.39, 0.29) is 23.1 Å². The molecule has 5 nitrogen and oxygen atoms in total. The molecule has 27 heavy (non-hydrogen) atoms. The summed E-state index contributed by atoms with van der Waals surface area (Å²) in [5.41, 5.74) is 0.600. The summed E-state index contributed by atoms with van der Waals surface area (Å²) in [5.74, 6) is -0.528. The van der Waals surface area contributed by atoms with Crippen molar-refractivity contribution >= 4 is 11.6 Å². The molecule has 0 aliphatic heterocycles. The van der Waals surface area contributed by atoms with Crippen molar-refractivity contribution in [2.24, 2.45) is 0 Å². The third kappa shape index (κ3) is 3.94. The normalized spacial score (nSPS) is 13.0. The predicted octanol–water partition coefficient (Wildman–Crippen LogP) is 4.25. The molecule has 1 amide bonds. The number of halogens is 3. The number of aryl methyl sites for hydroxylation is 1. The Hall–Kier alpha value is -2.90. The molecule has 0 saturated heterocycles. The van der Waals surface area contributed by atoms with Gasteiger partial charge in [0.1, 0.15) is 0 Å². The molecule has 0 radical (unpaired) electrons. The lowest BCUT2D eigenvalue weighted by Crippen LogP contribution is -2.32. The molecule has 1 aromatic carbocycles. The van der Waals surface area contributed by atoms with E-state index in [1.54, 1.807) is 24.3 Å². The van der Waals surface area contributed by atoms with Crippen LogP contribution in [0.4, 0.5) is 13.2 Å². The number of amides is 1. The second-order valence-corrected chi connectivity index (χ2v) is 6.47. The summed E-state index contributed by atoms with van der Waals surface area (Å²) in [4.78, 5) is 16.5.